The molecule has 0 aliphatic carbocycles. The van der Waals surface area contributed by atoms with E-state index >= 15 is 0 Å². The van der Waals surface area contributed by atoms with Crippen LogP contribution in [-0.2, 0) is 4.74 Å². The Morgan fingerprint density at radius 2 is 1.92 bits per heavy atom. The lowest BCUT2D eigenvalue weighted by molar-refractivity contribution is 0.0745. The zero-order chi connectivity index (χ0) is 17.8. The Kier molecular flexibility index (Phi) is 4.92. The van der Waals surface area contributed by atoms with Gasteiger partial charge in [0.05, 0.1) is 13.2 Å². The molecule has 2 aliphatic heterocycles. The van der Waals surface area contributed by atoms with Crippen LogP contribution in [0.5, 0.6) is 5.88 Å². The van der Waals surface area contributed by atoms with E-state index in [1.165, 1.54) is 0 Å². The smallest absolute Gasteiger partial charge is 0.254 e. The highest BCUT2D eigenvalue weighted by Crippen LogP contribution is 2.18. The van der Waals surface area contributed by atoms with Crippen molar-refractivity contribution in [1.82, 2.24) is 19.9 Å². The molecule has 1 amide bonds. The number of piperazine rings is 1. The number of hydrogen-bond acceptors (Lipinski definition) is 7. The highest BCUT2D eigenvalue weighted by molar-refractivity contribution is 5.94. The van der Waals surface area contributed by atoms with Crippen LogP contribution < -0.4 is 9.64 Å². The van der Waals surface area contributed by atoms with Gasteiger partial charge in [-0.15, -0.1) is 0 Å². The van der Waals surface area contributed by atoms with Crippen molar-refractivity contribution in [3.8, 4) is 5.88 Å². The Morgan fingerprint density at radius 1 is 1.12 bits per heavy atom. The van der Waals surface area contributed by atoms with Gasteiger partial charge in [0.2, 0.25) is 11.8 Å². The molecule has 2 fully saturated rings. The summed E-state index contributed by atoms with van der Waals surface area (Å²) in [4.78, 5) is 29.5. The second kappa shape index (κ2) is 7.65. The number of carbonyl (C=O) groups is 1. The van der Waals surface area contributed by atoms with Crippen molar-refractivity contribution in [3.05, 3.63) is 42.4 Å². The minimum absolute atomic E-state index is 0.00597. The number of rotatable bonds is 4. The first-order chi connectivity index (χ1) is 12.8. The molecule has 0 bridgehead atoms. The second-order valence-electron chi connectivity index (χ2n) is 6.31. The van der Waals surface area contributed by atoms with Crippen LogP contribution in [0.2, 0.25) is 0 Å². The number of carbonyl (C=O) groups excluding carboxylic acids is 1. The summed E-state index contributed by atoms with van der Waals surface area (Å²) in [5, 5.41) is 0. The van der Waals surface area contributed by atoms with Crippen LogP contribution in [0.3, 0.4) is 0 Å². The third-order valence-electron chi connectivity index (χ3n) is 4.56. The molecule has 0 N–H and O–H groups in total. The third kappa shape index (κ3) is 3.75. The van der Waals surface area contributed by atoms with Crippen molar-refractivity contribution in [1.29, 1.82) is 0 Å². The molecule has 0 spiro atoms. The van der Waals surface area contributed by atoms with E-state index in [9.17, 15) is 4.79 Å². The lowest BCUT2D eigenvalue weighted by Crippen LogP contribution is -2.49. The molecule has 0 saturated carbocycles. The first-order valence-corrected chi connectivity index (χ1v) is 8.81. The fourth-order valence-electron chi connectivity index (χ4n) is 3.13. The van der Waals surface area contributed by atoms with Crippen molar-refractivity contribution >= 4 is 11.9 Å². The minimum atomic E-state index is -0.00597. The fraction of sp³-hybridized carbons (Fsp3) is 0.444. The molecular formula is C18H21N5O3. The summed E-state index contributed by atoms with van der Waals surface area (Å²) in [5.41, 5.74) is 0.596. The average Bonchev–Trinajstić information content (AvgIpc) is 3.21. The SMILES string of the molecule is O=C(c1ccnc(OC2CCOC2)c1)N1CCN(c2ncccn2)CC1. The molecule has 2 aromatic rings. The Balaban J connectivity index is 1.37. The Hall–Kier alpha value is -2.74. The molecule has 8 heteroatoms. The Bertz CT molecular complexity index is 744. The molecule has 26 heavy (non-hydrogen) atoms. The zero-order valence-corrected chi connectivity index (χ0v) is 14.5. The Morgan fingerprint density at radius 3 is 2.65 bits per heavy atom. The molecule has 2 aliphatic rings. The van der Waals surface area contributed by atoms with Crippen LogP contribution >= 0.6 is 0 Å². The van der Waals surface area contributed by atoms with Crippen LogP contribution in [0.4, 0.5) is 5.95 Å². The van der Waals surface area contributed by atoms with Gasteiger partial charge >= 0.3 is 0 Å². The van der Waals surface area contributed by atoms with Crippen molar-refractivity contribution < 1.29 is 14.3 Å². The molecular weight excluding hydrogens is 334 g/mol. The molecule has 4 heterocycles. The van der Waals surface area contributed by atoms with Gasteiger partial charge in [-0.1, -0.05) is 0 Å². The van der Waals surface area contributed by atoms with E-state index < -0.39 is 0 Å². The van der Waals surface area contributed by atoms with Gasteiger partial charge in [-0.05, 0) is 12.1 Å². The maximum Gasteiger partial charge on any atom is 0.254 e. The van der Waals surface area contributed by atoms with E-state index in [-0.39, 0.29) is 12.0 Å². The van der Waals surface area contributed by atoms with E-state index in [1.807, 2.05) is 4.90 Å². The second-order valence-corrected chi connectivity index (χ2v) is 6.31. The minimum Gasteiger partial charge on any atom is -0.472 e. The van der Waals surface area contributed by atoms with Crippen molar-refractivity contribution in [2.45, 2.75) is 12.5 Å². The van der Waals surface area contributed by atoms with Crippen LogP contribution in [0.25, 0.3) is 0 Å². The number of amides is 1. The summed E-state index contributed by atoms with van der Waals surface area (Å²) in [6.45, 7) is 3.97. The summed E-state index contributed by atoms with van der Waals surface area (Å²) >= 11 is 0. The topological polar surface area (TPSA) is 80.7 Å². The monoisotopic (exact) mass is 355 g/mol. The maximum atomic E-state index is 12.8. The molecule has 0 aromatic carbocycles. The summed E-state index contributed by atoms with van der Waals surface area (Å²) in [6, 6.07) is 5.24. The van der Waals surface area contributed by atoms with Gasteiger partial charge in [-0.3, -0.25) is 4.79 Å². The van der Waals surface area contributed by atoms with Crippen molar-refractivity contribution in [2.75, 3.05) is 44.3 Å². The highest BCUT2D eigenvalue weighted by Gasteiger charge is 2.24. The van der Waals surface area contributed by atoms with Gasteiger partial charge in [-0.2, -0.15) is 0 Å². The van der Waals surface area contributed by atoms with Gasteiger partial charge in [0.15, 0.2) is 0 Å². The number of hydrogen-bond donors (Lipinski definition) is 0. The number of aromatic nitrogens is 3. The van der Waals surface area contributed by atoms with E-state index in [1.54, 1.807) is 36.8 Å². The van der Waals surface area contributed by atoms with Gasteiger partial charge in [0, 0.05) is 62.8 Å². The number of ether oxygens (including phenoxy) is 2. The number of anilines is 1. The van der Waals surface area contributed by atoms with Gasteiger partial charge in [0.1, 0.15) is 6.10 Å². The molecule has 0 radical (unpaired) electrons. The predicted octanol–water partition coefficient (Wildman–Crippen LogP) is 1.00. The lowest BCUT2D eigenvalue weighted by Gasteiger charge is -2.34. The van der Waals surface area contributed by atoms with Crippen LogP contribution in [-0.4, -0.2) is 71.3 Å². The zero-order valence-electron chi connectivity index (χ0n) is 14.5. The van der Waals surface area contributed by atoms with Crippen LogP contribution in [0, 0.1) is 0 Å². The van der Waals surface area contributed by atoms with Crippen molar-refractivity contribution in [2.24, 2.45) is 0 Å². The van der Waals surface area contributed by atoms with E-state index in [0.29, 0.717) is 56.8 Å². The number of pyridine rings is 1. The molecule has 1 unspecified atom stereocenters. The summed E-state index contributed by atoms with van der Waals surface area (Å²) < 4.78 is 11.1. The summed E-state index contributed by atoms with van der Waals surface area (Å²) in [7, 11) is 0. The largest absolute Gasteiger partial charge is 0.472 e. The molecule has 2 saturated heterocycles. The molecule has 4 rings (SSSR count). The number of nitrogens with zero attached hydrogens (tertiary/aromatic N) is 5. The van der Waals surface area contributed by atoms with Crippen LogP contribution in [0.15, 0.2) is 36.8 Å². The van der Waals surface area contributed by atoms with Crippen LogP contribution in [0.1, 0.15) is 16.8 Å². The average molecular weight is 355 g/mol. The molecule has 8 nitrogen and oxygen atoms in total. The summed E-state index contributed by atoms with van der Waals surface area (Å²) in [5.74, 6) is 1.18. The third-order valence-corrected chi connectivity index (χ3v) is 4.56. The highest BCUT2D eigenvalue weighted by atomic mass is 16.5. The predicted molar refractivity (Wildman–Crippen MR) is 94.2 cm³/mol. The first kappa shape index (κ1) is 16.7. The lowest BCUT2D eigenvalue weighted by atomic mass is 10.2. The fourth-order valence-corrected chi connectivity index (χ4v) is 3.13. The van der Waals surface area contributed by atoms with E-state index in [2.05, 4.69) is 19.9 Å². The quantitative estimate of drug-likeness (QED) is 0.809. The van der Waals surface area contributed by atoms with Crippen molar-refractivity contribution in [3.63, 3.8) is 0 Å². The maximum absolute atomic E-state index is 12.8. The normalized spacial score (nSPS) is 20.2. The molecule has 2 aromatic heterocycles. The standard InChI is InChI=1S/C18H21N5O3/c24-17(14-2-6-19-16(12-14)26-15-3-11-25-13-15)22-7-9-23(10-8-22)18-20-4-1-5-21-18/h1-2,4-6,12,15H,3,7-11,13H2. The van der Waals surface area contributed by atoms with Gasteiger partial charge < -0.3 is 19.3 Å². The van der Waals surface area contributed by atoms with Gasteiger partial charge in [-0.25, -0.2) is 15.0 Å². The van der Waals surface area contributed by atoms with E-state index in [4.69, 9.17) is 9.47 Å². The summed E-state index contributed by atoms with van der Waals surface area (Å²) in [6.07, 6.45) is 5.94. The first-order valence-electron chi connectivity index (χ1n) is 8.81. The van der Waals surface area contributed by atoms with Gasteiger partial charge in [0.25, 0.3) is 5.91 Å². The Labute approximate surface area is 151 Å². The molecule has 136 valence electrons. The molecule has 1 atom stereocenters. The van der Waals surface area contributed by atoms with E-state index in [0.717, 1.165) is 6.42 Å².